The van der Waals surface area contributed by atoms with Crippen LogP contribution in [0.5, 0.6) is 0 Å². The average molecular weight is 425 g/mol. The summed E-state index contributed by atoms with van der Waals surface area (Å²) in [6.45, 7) is 0. The van der Waals surface area contributed by atoms with E-state index >= 15 is 0 Å². The molecule has 30 heavy (non-hydrogen) atoms. The topological polar surface area (TPSA) is 51.0 Å². The van der Waals surface area contributed by atoms with E-state index in [9.17, 15) is 4.79 Å². The van der Waals surface area contributed by atoms with Crippen molar-refractivity contribution >= 4 is 23.5 Å². The maximum Gasteiger partial charge on any atom is 0.232 e. The first kappa shape index (κ1) is 18.9. The first-order valence-corrected chi connectivity index (χ1v) is 12.1. The van der Waals surface area contributed by atoms with Gasteiger partial charge in [0.25, 0.3) is 0 Å². The summed E-state index contributed by atoms with van der Waals surface area (Å²) in [5.41, 5.74) is 0.991. The monoisotopic (exact) mass is 424 g/mol. The number of hydrogen-bond donors (Lipinski definition) is 0. The lowest BCUT2D eigenvalue weighted by Gasteiger charge is -2.55. The molecule has 0 radical (unpaired) electrons. The van der Waals surface area contributed by atoms with E-state index in [1.165, 1.54) is 38.5 Å². The van der Waals surface area contributed by atoms with Gasteiger partial charge in [-0.05, 0) is 62.8 Å². The number of hydrogen-bond acceptors (Lipinski definition) is 3. The molecule has 2 atom stereocenters. The predicted molar refractivity (Wildman–Crippen MR) is 117 cm³/mol. The van der Waals surface area contributed by atoms with E-state index in [2.05, 4.69) is 9.58 Å². The molecule has 0 saturated heterocycles. The van der Waals surface area contributed by atoms with E-state index in [0.717, 1.165) is 49.4 Å². The highest BCUT2D eigenvalue weighted by atomic mass is 35.5. The fraction of sp³-hybridized carbons (Fsp3) is 0.625. The summed E-state index contributed by atoms with van der Waals surface area (Å²) in [5, 5.41) is 5.81. The lowest BCUT2D eigenvalue weighted by Crippen LogP contribution is -2.61. The Bertz CT molecular complexity index is 958. The second-order valence-electron chi connectivity index (χ2n) is 9.76. The molecule has 1 aromatic heterocycles. The molecule has 0 unspecified atom stereocenters. The maximum atomic E-state index is 13.5. The lowest BCUT2D eigenvalue weighted by atomic mass is 9.64. The van der Waals surface area contributed by atoms with Crippen molar-refractivity contribution in [2.24, 2.45) is 11.8 Å². The smallest absolute Gasteiger partial charge is 0.232 e. The van der Waals surface area contributed by atoms with Gasteiger partial charge in [0.05, 0.1) is 5.54 Å². The Morgan fingerprint density at radius 2 is 1.70 bits per heavy atom. The Labute approximate surface area is 182 Å². The fourth-order valence-corrected chi connectivity index (χ4v) is 6.49. The van der Waals surface area contributed by atoms with Crippen molar-refractivity contribution in [1.29, 1.82) is 0 Å². The van der Waals surface area contributed by atoms with E-state index in [1.807, 2.05) is 24.3 Å². The molecule has 2 aromatic rings. The molecule has 5 nitrogen and oxygen atoms in total. The SMILES string of the molecule is O=C(C1CC1)N1c2nc(-c3ccc(Cl)cc3)nn2C2(CCCCC2)[C@@H]2CCCC[C@@H]21. The average Bonchev–Trinajstić information content (AvgIpc) is 3.54. The van der Waals surface area contributed by atoms with Crippen LogP contribution in [0.4, 0.5) is 5.95 Å². The lowest BCUT2D eigenvalue weighted by molar-refractivity contribution is -0.122. The molecule has 0 N–H and O–H groups in total. The highest BCUT2D eigenvalue weighted by Gasteiger charge is 2.56. The highest BCUT2D eigenvalue weighted by Crippen LogP contribution is 2.53. The minimum absolute atomic E-state index is 0.0245. The van der Waals surface area contributed by atoms with Crippen LogP contribution in [-0.4, -0.2) is 26.7 Å². The van der Waals surface area contributed by atoms with Crippen molar-refractivity contribution < 1.29 is 4.79 Å². The van der Waals surface area contributed by atoms with Crippen molar-refractivity contribution in [2.75, 3.05) is 4.90 Å². The van der Waals surface area contributed by atoms with Crippen LogP contribution in [-0.2, 0) is 10.3 Å². The van der Waals surface area contributed by atoms with Crippen molar-refractivity contribution in [2.45, 2.75) is 82.2 Å². The zero-order valence-electron chi connectivity index (χ0n) is 17.4. The summed E-state index contributed by atoms with van der Waals surface area (Å²) in [4.78, 5) is 20.6. The largest absolute Gasteiger partial charge is 0.277 e. The molecule has 3 fully saturated rings. The summed E-state index contributed by atoms with van der Waals surface area (Å²) < 4.78 is 2.21. The molecular formula is C24H29ClN4O. The van der Waals surface area contributed by atoms with Crippen molar-refractivity contribution in [3.05, 3.63) is 29.3 Å². The maximum absolute atomic E-state index is 13.5. The second-order valence-corrected chi connectivity index (χ2v) is 10.2. The molecule has 1 aliphatic heterocycles. The Kier molecular flexibility index (Phi) is 4.45. The molecule has 1 spiro atoms. The molecule has 6 heteroatoms. The third kappa shape index (κ3) is 2.84. The standard InChI is InChI=1S/C24H29ClN4O/c25-18-12-10-16(11-13-18)21-26-23-28(22(30)17-8-9-17)20-7-3-2-6-19(20)24(29(23)27-21)14-4-1-5-15-24/h10-13,17,19-20H,1-9,14-15H2/t19-,20+/m1/s1. The van der Waals surface area contributed by atoms with Gasteiger partial charge < -0.3 is 0 Å². The summed E-state index contributed by atoms with van der Waals surface area (Å²) >= 11 is 6.11. The number of nitrogens with zero attached hydrogens (tertiary/aromatic N) is 4. The molecule has 1 amide bonds. The van der Waals surface area contributed by atoms with Gasteiger partial charge in [-0.3, -0.25) is 9.69 Å². The predicted octanol–water partition coefficient (Wildman–Crippen LogP) is 5.57. The number of rotatable bonds is 2. The molecule has 0 bridgehead atoms. The summed E-state index contributed by atoms with van der Waals surface area (Å²) in [5.74, 6) is 2.51. The zero-order chi connectivity index (χ0) is 20.3. The van der Waals surface area contributed by atoms with Gasteiger partial charge in [0.15, 0.2) is 5.82 Å². The number of fused-ring (bicyclic) bond motifs is 4. The number of benzene rings is 1. The molecule has 6 rings (SSSR count). The minimum atomic E-state index is 0.0245. The van der Waals surface area contributed by atoms with Gasteiger partial charge in [-0.2, -0.15) is 4.98 Å². The quantitative estimate of drug-likeness (QED) is 0.632. The Balaban J connectivity index is 1.53. The van der Waals surface area contributed by atoms with E-state index in [4.69, 9.17) is 21.7 Å². The minimum Gasteiger partial charge on any atom is -0.277 e. The van der Waals surface area contributed by atoms with Crippen LogP contribution in [0.1, 0.15) is 70.6 Å². The van der Waals surface area contributed by atoms with Crippen LogP contribution in [0.25, 0.3) is 11.4 Å². The van der Waals surface area contributed by atoms with Crippen LogP contribution in [0.3, 0.4) is 0 Å². The van der Waals surface area contributed by atoms with Crippen LogP contribution in [0, 0.1) is 11.8 Å². The number of amides is 1. The fourth-order valence-electron chi connectivity index (χ4n) is 6.37. The van der Waals surface area contributed by atoms with E-state index < -0.39 is 0 Å². The van der Waals surface area contributed by atoms with Crippen molar-refractivity contribution in [1.82, 2.24) is 14.8 Å². The van der Waals surface area contributed by atoms with Crippen LogP contribution < -0.4 is 4.90 Å². The Hall–Kier alpha value is -1.88. The summed E-state index contributed by atoms with van der Waals surface area (Å²) in [6.07, 6.45) is 13.0. The van der Waals surface area contributed by atoms with Gasteiger partial charge in [-0.1, -0.05) is 43.7 Å². The van der Waals surface area contributed by atoms with E-state index in [0.29, 0.717) is 17.0 Å². The normalized spacial score (nSPS) is 27.6. The Morgan fingerprint density at radius 3 is 2.43 bits per heavy atom. The molecule has 3 saturated carbocycles. The van der Waals surface area contributed by atoms with Crippen molar-refractivity contribution in [3.8, 4) is 11.4 Å². The van der Waals surface area contributed by atoms with Crippen LogP contribution >= 0.6 is 11.6 Å². The number of anilines is 1. The first-order valence-electron chi connectivity index (χ1n) is 11.7. The second kappa shape index (κ2) is 7.08. The molecule has 1 aromatic carbocycles. The van der Waals surface area contributed by atoms with Crippen LogP contribution in [0.15, 0.2) is 24.3 Å². The summed E-state index contributed by atoms with van der Waals surface area (Å²) in [6, 6.07) is 8.04. The van der Waals surface area contributed by atoms with Crippen molar-refractivity contribution in [3.63, 3.8) is 0 Å². The zero-order valence-corrected chi connectivity index (χ0v) is 18.2. The molecule has 4 aliphatic rings. The highest BCUT2D eigenvalue weighted by molar-refractivity contribution is 6.30. The number of carbonyl (C=O) groups is 1. The van der Waals surface area contributed by atoms with Gasteiger partial charge in [0, 0.05) is 28.5 Å². The Morgan fingerprint density at radius 1 is 0.967 bits per heavy atom. The summed E-state index contributed by atoms with van der Waals surface area (Å²) in [7, 11) is 0. The van der Waals surface area contributed by atoms with Gasteiger partial charge >= 0.3 is 0 Å². The van der Waals surface area contributed by atoms with Gasteiger partial charge in [0.1, 0.15) is 0 Å². The van der Waals surface area contributed by atoms with E-state index in [1.54, 1.807) is 0 Å². The molecule has 3 aliphatic carbocycles. The van der Waals surface area contributed by atoms with Gasteiger partial charge in [-0.15, -0.1) is 5.10 Å². The first-order chi connectivity index (χ1) is 14.7. The third-order valence-electron chi connectivity index (χ3n) is 7.96. The van der Waals surface area contributed by atoms with Crippen LogP contribution in [0.2, 0.25) is 5.02 Å². The van der Waals surface area contributed by atoms with Gasteiger partial charge in [-0.25, -0.2) is 4.68 Å². The van der Waals surface area contributed by atoms with E-state index in [-0.39, 0.29) is 17.4 Å². The molecule has 158 valence electrons. The number of carbonyl (C=O) groups excluding carboxylic acids is 1. The molecule has 2 heterocycles. The third-order valence-corrected chi connectivity index (χ3v) is 8.22. The number of aromatic nitrogens is 3. The van der Waals surface area contributed by atoms with Gasteiger partial charge in [0.2, 0.25) is 11.9 Å². The molecular weight excluding hydrogens is 396 g/mol. The number of halogens is 1.